The molecule has 12 heteroatoms. The van der Waals surface area contributed by atoms with Crippen LogP contribution in [0.15, 0.2) is 18.2 Å². The third kappa shape index (κ3) is 3.58. The van der Waals surface area contributed by atoms with Crippen LogP contribution < -0.4 is 0 Å². The number of nitro benzene ring substituents is 2. The number of hydrogen-bond acceptors (Lipinski definition) is 6. The van der Waals surface area contributed by atoms with Crippen LogP contribution in [0.1, 0.15) is 28.7 Å². The van der Waals surface area contributed by atoms with Crippen molar-refractivity contribution in [3.05, 3.63) is 55.4 Å². The first-order chi connectivity index (χ1) is 11.4. The zero-order chi connectivity index (χ0) is 19.1. The van der Waals surface area contributed by atoms with Crippen LogP contribution in [0.25, 0.3) is 5.69 Å². The second kappa shape index (κ2) is 6.58. The summed E-state index contributed by atoms with van der Waals surface area (Å²) >= 11 is 17.5. The summed E-state index contributed by atoms with van der Waals surface area (Å²) in [5.41, 5.74) is -1.12. The third-order valence-electron chi connectivity index (χ3n) is 3.33. The van der Waals surface area contributed by atoms with Crippen LogP contribution in [0.5, 0.6) is 0 Å². The minimum absolute atomic E-state index is 0.00708. The molecule has 9 nitrogen and oxygen atoms in total. The number of nitro groups is 2. The third-order valence-corrected chi connectivity index (χ3v) is 3.87. The van der Waals surface area contributed by atoms with Gasteiger partial charge in [-0.2, -0.15) is 5.10 Å². The summed E-state index contributed by atoms with van der Waals surface area (Å²) in [5.74, 6) is -0.449. The Bertz CT molecular complexity index is 904. The molecule has 0 spiro atoms. The number of carbonyl (C=O) groups is 1. The predicted molar refractivity (Wildman–Crippen MR) is 90.9 cm³/mol. The lowest BCUT2D eigenvalue weighted by Gasteiger charge is -2.08. The van der Waals surface area contributed by atoms with Crippen LogP contribution in [0.2, 0.25) is 0 Å². The van der Waals surface area contributed by atoms with E-state index in [2.05, 4.69) is 5.10 Å². The van der Waals surface area contributed by atoms with Gasteiger partial charge in [-0.05, 0) is 19.9 Å². The molecule has 0 fully saturated rings. The predicted octanol–water partition coefficient (Wildman–Crippen LogP) is 4.03. The highest BCUT2D eigenvalue weighted by molar-refractivity contribution is 6.66. The second-order valence-corrected chi connectivity index (χ2v) is 7.24. The Balaban J connectivity index is 2.81. The van der Waals surface area contributed by atoms with Gasteiger partial charge in [0.2, 0.25) is 3.79 Å². The molecule has 132 valence electrons. The highest BCUT2D eigenvalue weighted by atomic mass is 35.6. The monoisotopic (exact) mass is 406 g/mol. The summed E-state index contributed by atoms with van der Waals surface area (Å²) in [6, 6.07) is 3.01. The van der Waals surface area contributed by atoms with Crippen LogP contribution in [-0.2, 0) is 3.79 Å². The molecule has 0 radical (unpaired) electrons. The molecule has 25 heavy (non-hydrogen) atoms. The fraction of sp³-hybridized carbons (Fsp3) is 0.231. The number of carbonyl (C=O) groups excluding carboxylic acids is 1. The van der Waals surface area contributed by atoms with Crippen molar-refractivity contribution in [3.8, 4) is 5.69 Å². The number of non-ortho nitro benzene ring substituents is 1. The summed E-state index contributed by atoms with van der Waals surface area (Å²) in [5, 5.41) is 26.1. The molecule has 1 aromatic carbocycles. The van der Waals surface area contributed by atoms with Crippen LogP contribution in [-0.4, -0.2) is 25.4 Å². The summed E-state index contributed by atoms with van der Waals surface area (Å²) in [7, 11) is 0. The number of aromatic nitrogens is 2. The molecule has 0 aliphatic heterocycles. The van der Waals surface area contributed by atoms with Gasteiger partial charge >= 0.3 is 5.69 Å². The van der Waals surface area contributed by atoms with E-state index in [1.54, 1.807) is 0 Å². The van der Waals surface area contributed by atoms with E-state index in [-0.39, 0.29) is 22.6 Å². The van der Waals surface area contributed by atoms with E-state index in [0.29, 0.717) is 0 Å². The Morgan fingerprint density at radius 1 is 1.20 bits per heavy atom. The lowest BCUT2D eigenvalue weighted by atomic mass is 10.1. The molecule has 0 saturated heterocycles. The number of alkyl halides is 3. The highest BCUT2D eigenvalue weighted by Gasteiger charge is 2.35. The van der Waals surface area contributed by atoms with Crippen LogP contribution in [0.3, 0.4) is 0 Å². The van der Waals surface area contributed by atoms with Crippen molar-refractivity contribution >= 4 is 52.0 Å². The molecular weight excluding hydrogens is 399 g/mol. The highest BCUT2D eigenvalue weighted by Crippen LogP contribution is 2.41. The van der Waals surface area contributed by atoms with Crippen molar-refractivity contribution in [2.45, 2.75) is 17.6 Å². The van der Waals surface area contributed by atoms with Crippen LogP contribution >= 0.6 is 34.8 Å². The van der Waals surface area contributed by atoms with E-state index < -0.39 is 30.8 Å². The molecule has 1 aromatic heterocycles. The van der Waals surface area contributed by atoms with E-state index in [1.807, 2.05) is 0 Å². The first-order valence-electron chi connectivity index (χ1n) is 6.56. The number of rotatable bonds is 4. The van der Waals surface area contributed by atoms with Gasteiger partial charge in [-0.15, -0.1) is 0 Å². The minimum atomic E-state index is -2.04. The van der Waals surface area contributed by atoms with Gasteiger partial charge < -0.3 is 0 Å². The molecule has 0 bridgehead atoms. The summed E-state index contributed by atoms with van der Waals surface area (Å²) in [6.45, 7) is 2.70. The average molecular weight is 408 g/mol. The number of halogens is 3. The molecule has 0 saturated carbocycles. The van der Waals surface area contributed by atoms with Crippen molar-refractivity contribution in [3.63, 3.8) is 0 Å². The van der Waals surface area contributed by atoms with E-state index in [1.165, 1.54) is 13.8 Å². The fourth-order valence-electron chi connectivity index (χ4n) is 2.31. The summed E-state index contributed by atoms with van der Waals surface area (Å²) < 4.78 is -0.984. The maximum absolute atomic E-state index is 11.9. The lowest BCUT2D eigenvalue weighted by Crippen LogP contribution is -2.08. The van der Waals surface area contributed by atoms with Gasteiger partial charge in [0.1, 0.15) is 11.4 Å². The van der Waals surface area contributed by atoms with Crippen molar-refractivity contribution in [1.29, 1.82) is 0 Å². The zero-order valence-electron chi connectivity index (χ0n) is 12.7. The van der Waals surface area contributed by atoms with Gasteiger partial charge in [-0.25, -0.2) is 4.68 Å². The Hall–Kier alpha value is -2.23. The van der Waals surface area contributed by atoms with Gasteiger partial charge in [0.15, 0.2) is 5.78 Å². The Morgan fingerprint density at radius 3 is 2.20 bits per heavy atom. The van der Waals surface area contributed by atoms with Crippen molar-refractivity contribution < 1.29 is 14.6 Å². The minimum Gasteiger partial charge on any atom is -0.294 e. The number of nitrogens with zero attached hydrogens (tertiary/aromatic N) is 4. The fourth-order valence-corrected chi connectivity index (χ4v) is 2.70. The van der Waals surface area contributed by atoms with E-state index in [4.69, 9.17) is 34.8 Å². The normalized spacial score (nSPS) is 11.4. The van der Waals surface area contributed by atoms with Crippen molar-refractivity contribution in [2.24, 2.45) is 0 Å². The van der Waals surface area contributed by atoms with Gasteiger partial charge in [-0.3, -0.25) is 25.0 Å². The molecule has 1 heterocycles. The number of ketones is 1. The molecule has 0 aliphatic carbocycles. The summed E-state index contributed by atoms with van der Waals surface area (Å²) in [4.78, 5) is 32.5. The maximum Gasteiger partial charge on any atom is 0.301 e. The molecule has 2 aromatic rings. The largest absolute Gasteiger partial charge is 0.301 e. The maximum atomic E-state index is 11.9. The molecular formula is C13H9Cl3N4O5. The standard InChI is InChI=1S/C13H9Cl3N4O5/c1-6-11(7(2)21)12(13(14,15)16)17-18(6)9-4-3-8(19(22)23)5-10(9)20(24)25/h3-5H,1-2H3. The smallest absolute Gasteiger partial charge is 0.294 e. The lowest BCUT2D eigenvalue weighted by molar-refractivity contribution is -0.394. The van der Waals surface area contributed by atoms with Crippen LogP contribution in [0.4, 0.5) is 11.4 Å². The number of hydrogen-bond donors (Lipinski definition) is 0. The zero-order valence-corrected chi connectivity index (χ0v) is 15.0. The Labute approximate surface area is 155 Å². The molecule has 0 aliphatic rings. The average Bonchev–Trinajstić information content (AvgIpc) is 2.84. The van der Waals surface area contributed by atoms with Gasteiger partial charge in [0.25, 0.3) is 5.69 Å². The van der Waals surface area contributed by atoms with Crippen LogP contribution in [0, 0.1) is 27.2 Å². The topological polar surface area (TPSA) is 121 Å². The molecule has 0 unspecified atom stereocenters. The van der Waals surface area contributed by atoms with E-state index in [0.717, 1.165) is 22.9 Å². The van der Waals surface area contributed by atoms with E-state index in [9.17, 15) is 25.0 Å². The molecule has 0 atom stereocenters. The Morgan fingerprint density at radius 2 is 1.80 bits per heavy atom. The van der Waals surface area contributed by atoms with E-state index >= 15 is 0 Å². The Kier molecular flexibility index (Phi) is 5.03. The van der Waals surface area contributed by atoms with Crippen molar-refractivity contribution in [1.82, 2.24) is 9.78 Å². The van der Waals surface area contributed by atoms with Crippen molar-refractivity contribution in [2.75, 3.05) is 0 Å². The molecule has 0 amide bonds. The number of benzene rings is 1. The first-order valence-corrected chi connectivity index (χ1v) is 7.69. The van der Waals surface area contributed by atoms with Gasteiger partial charge in [0.05, 0.1) is 27.2 Å². The molecule has 2 rings (SSSR count). The van der Waals surface area contributed by atoms with Gasteiger partial charge in [-0.1, -0.05) is 34.8 Å². The molecule has 0 N–H and O–H groups in total. The second-order valence-electron chi connectivity index (χ2n) is 4.96. The SMILES string of the molecule is CC(=O)c1c(C(Cl)(Cl)Cl)nn(-c2ccc([N+](=O)[O-])cc2[N+](=O)[O-])c1C. The summed E-state index contributed by atoms with van der Waals surface area (Å²) in [6.07, 6.45) is 0. The van der Waals surface area contributed by atoms with Gasteiger partial charge in [0, 0.05) is 6.07 Å². The number of Topliss-reactive ketones (excluding diaryl/α,β-unsaturated/α-hetero) is 1. The quantitative estimate of drug-likeness (QED) is 0.326. The first kappa shape index (κ1) is 19.1.